The quantitative estimate of drug-likeness (QED) is 0.846. The molecule has 2 N–H and O–H groups in total. The minimum atomic E-state index is 0.0443. The van der Waals surface area contributed by atoms with Crippen LogP contribution in [-0.4, -0.2) is 36.6 Å². The smallest absolute Gasteiger partial charge is 0.254 e. The van der Waals surface area contributed by atoms with E-state index < -0.39 is 0 Å². The van der Waals surface area contributed by atoms with Crippen LogP contribution < -0.4 is 5.73 Å². The first-order valence-electron chi connectivity index (χ1n) is 6.89. The SMILES string of the molecule is CCN(CC1CCCO1)C(=O)c1cccc(N)c1C. The second kappa shape index (κ2) is 6.06. The van der Waals surface area contributed by atoms with E-state index >= 15 is 0 Å². The van der Waals surface area contributed by atoms with Gasteiger partial charge in [0.2, 0.25) is 0 Å². The number of rotatable bonds is 4. The Morgan fingerprint density at radius 1 is 1.53 bits per heavy atom. The number of carbonyl (C=O) groups is 1. The van der Waals surface area contributed by atoms with Crippen LogP contribution in [0.1, 0.15) is 35.7 Å². The molecule has 0 radical (unpaired) electrons. The zero-order valence-corrected chi connectivity index (χ0v) is 11.7. The first-order chi connectivity index (χ1) is 9.13. The lowest BCUT2D eigenvalue weighted by atomic mass is 10.1. The molecular weight excluding hydrogens is 240 g/mol. The van der Waals surface area contributed by atoms with Gasteiger partial charge >= 0.3 is 0 Å². The van der Waals surface area contributed by atoms with Crippen LogP contribution in [-0.2, 0) is 4.74 Å². The van der Waals surface area contributed by atoms with E-state index in [0.717, 1.165) is 25.0 Å². The van der Waals surface area contributed by atoms with Crippen LogP contribution in [0.2, 0.25) is 0 Å². The van der Waals surface area contributed by atoms with Crippen molar-refractivity contribution in [1.29, 1.82) is 0 Å². The normalized spacial score (nSPS) is 18.5. The Kier molecular flexibility index (Phi) is 4.43. The summed E-state index contributed by atoms with van der Waals surface area (Å²) >= 11 is 0. The number of carbonyl (C=O) groups excluding carboxylic acids is 1. The molecule has 0 aromatic heterocycles. The lowest BCUT2D eigenvalue weighted by Crippen LogP contribution is -2.37. The Morgan fingerprint density at radius 2 is 2.32 bits per heavy atom. The summed E-state index contributed by atoms with van der Waals surface area (Å²) in [7, 11) is 0. The van der Waals surface area contributed by atoms with Crippen LogP contribution in [0.25, 0.3) is 0 Å². The number of hydrogen-bond donors (Lipinski definition) is 1. The molecule has 1 aromatic carbocycles. The monoisotopic (exact) mass is 262 g/mol. The third-order valence-electron chi connectivity index (χ3n) is 3.72. The molecule has 4 nitrogen and oxygen atoms in total. The van der Waals surface area contributed by atoms with Gasteiger partial charge in [0.15, 0.2) is 0 Å². The largest absolute Gasteiger partial charge is 0.398 e. The fraction of sp³-hybridized carbons (Fsp3) is 0.533. The Hall–Kier alpha value is -1.55. The maximum Gasteiger partial charge on any atom is 0.254 e. The van der Waals surface area contributed by atoms with E-state index in [2.05, 4.69) is 0 Å². The molecule has 4 heteroatoms. The number of amides is 1. The van der Waals surface area contributed by atoms with Gasteiger partial charge in [0.25, 0.3) is 5.91 Å². The average molecular weight is 262 g/mol. The minimum absolute atomic E-state index is 0.0443. The molecule has 0 bridgehead atoms. The van der Waals surface area contributed by atoms with Crippen LogP contribution >= 0.6 is 0 Å². The van der Waals surface area contributed by atoms with Crippen molar-refractivity contribution in [2.45, 2.75) is 32.8 Å². The van der Waals surface area contributed by atoms with Crippen molar-refractivity contribution in [3.8, 4) is 0 Å². The molecule has 0 saturated carbocycles. The molecular formula is C15H22N2O2. The third-order valence-corrected chi connectivity index (χ3v) is 3.72. The Morgan fingerprint density at radius 3 is 2.95 bits per heavy atom. The lowest BCUT2D eigenvalue weighted by Gasteiger charge is -2.25. The van der Waals surface area contributed by atoms with Gasteiger partial charge in [0.1, 0.15) is 0 Å². The third kappa shape index (κ3) is 3.07. The van der Waals surface area contributed by atoms with Crippen LogP contribution in [0, 0.1) is 6.92 Å². The Labute approximate surface area is 114 Å². The highest BCUT2D eigenvalue weighted by Crippen LogP contribution is 2.19. The Balaban J connectivity index is 2.13. The molecule has 1 atom stereocenters. The zero-order valence-electron chi connectivity index (χ0n) is 11.7. The van der Waals surface area contributed by atoms with Crippen molar-refractivity contribution < 1.29 is 9.53 Å². The van der Waals surface area contributed by atoms with Gasteiger partial charge < -0.3 is 15.4 Å². The standard InChI is InChI=1S/C15H22N2O2/c1-3-17(10-12-6-5-9-19-12)15(18)13-7-4-8-14(16)11(13)2/h4,7-8,12H,3,5-6,9-10,16H2,1-2H3. The van der Waals surface area contributed by atoms with Crippen molar-refractivity contribution in [2.75, 3.05) is 25.4 Å². The van der Waals surface area contributed by atoms with Gasteiger partial charge in [0.05, 0.1) is 6.10 Å². The van der Waals surface area contributed by atoms with Gasteiger partial charge in [-0.25, -0.2) is 0 Å². The fourth-order valence-electron chi connectivity index (χ4n) is 2.45. The number of nitrogens with two attached hydrogens (primary N) is 1. The van der Waals surface area contributed by atoms with Crippen LogP contribution in [0.3, 0.4) is 0 Å². The fourth-order valence-corrected chi connectivity index (χ4v) is 2.45. The summed E-state index contributed by atoms with van der Waals surface area (Å²) in [6, 6.07) is 5.49. The van der Waals surface area contributed by atoms with Crippen LogP contribution in [0.5, 0.6) is 0 Å². The molecule has 104 valence electrons. The van der Waals surface area contributed by atoms with Gasteiger partial charge in [-0.1, -0.05) is 6.07 Å². The second-order valence-corrected chi connectivity index (χ2v) is 5.00. The second-order valence-electron chi connectivity index (χ2n) is 5.00. The first kappa shape index (κ1) is 13.9. The zero-order chi connectivity index (χ0) is 13.8. The van der Waals surface area contributed by atoms with Gasteiger partial charge in [0, 0.05) is 30.9 Å². The molecule has 0 aliphatic carbocycles. The van der Waals surface area contributed by atoms with Crippen molar-refractivity contribution >= 4 is 11.6 Å². The summed E-state index contributed by atoms with van der Waals surface area (Å²) in [4.78, 5) is 14.4. The Bertz CT molecular complexity index is 453. The summed E-state index contributed by atoms with van der Waals surface area (Å²) in [5.74, 6) is 0.0443. The van der Waals surface area contributed by atoms with E-state index in [1.807, 2.05) is 36.9 Å². The summed E-state index contributed by atoms with van der Waals surface area (Å²) in [5.41, 5.74) is 8.09. The number of likely N-dealkylation sites (N-methyl/N-ethyl adjacent to an activating group) is 1. The van der Waals surface area contributed by atoms with Gasteiger partial charge in [-0.15, -0.1) is 0 Å². The van der Waals surface area contributed by atoms with E-state index in [0.29, 0.717) is 24.3 Å². The number of nitrogens with zero attached hydrogens (tertiary/aromatic N) is 1. The highest BCUT2D eigenvalue weighted by molar-refractivity contribution is 5.96. The molecule has 0 spiro atoms. The van der Waals surface area contributed by atoms with Crippen LogP contribution in [0.15, 0.2) is 18.2 Å². The molecule has 1 aromatic rings. The molecule has 1 heterocycles. The highest BCUT2D eigenvalue weighted by atomic mass is 16.5. The van der Waals surface area contributed by atoms with Crippen molar-refractivity contribution in [3.05, 3.63) is 29.3 Å². The van der Waals surface area contributed by atoms with E-state index in [1.54, 1.807) is 0 Å². The molecule has 1 fully saturated rings. The summed E-state index contributed by atoms with van der Waals surface area (Å²) in [5, 5.41) is 0. The summed E-state index contributed by atoms with van der Waals surface area (Å²) < 4.78 is 5.61. The number of benzene rings is 1. The molecule has 1 aliphatic heterocycles. The van der Waals surface area contributed by atoms with Crippen molar-refractivity contribution in [3.63, 3.8) is 0 Å². The van der Waals surface area contributed by atoms with Crippen LogP contribution in [0.4, 0.5) is 5.69 Å². The van der Waals surface area contributed by atoms with Gasteiger partial charge in [-0.2, -0.15) is 0 Å². The summed E-state index contributed by atoms with van der Waals surface area (Å²) in [6.07, 6.45) is 2.32. The predicted molar refractivity (Wildman–Crippen MR) is 76.1 cm³/mol. The van der Waals surface area contributed by atoms with E-state index in [1.165, 1.54) is 0 Å². The van der Waals surface area contributed by atoms with E-state index in [9.17, 15) is 4.79 Å². The number of nitrogen functional groups attached to an aromatic ring is 1. The highest BCUT2D eigenvalue weighted by Gasteiger charge is 2.23. The number of anilines is 1. The van der Waals surface area contributed by atoms with Gasteiger partial charge in [-0.3, -0.25) is 4.79 Å². The number of ether oxygens (including phenoxy) is 1. The maximum atomic E-state index is 12.6. The van der Waals surface area contributed by atoms with Gasteiger partial charge in [-0.05, 0) is 44.4 Å². The first-order valence-corrected chi connectivity index (χ1v) is 6.89. The van der Waals surface area contributed by atoms with Crippen molar-refractivity contribution in [2.24, 2.45) is 0 Å². The minimum Gasteiger partial charge on any atom is -0.398 e. The molecule has 2 rings (SSSR count). The molecule has 19 heavy (non-hydrogen) atoms. The summed E-state index contributed by atoms with van der Waals surface area (Å²) in [6.45, 7) is 6.06. The number of hydrogen-bond acceptors (Lipinski definition) is 3. The molecule has 1 aliphatic rings. The maximum absolute atomic E-state index is 12.6. The molecule has 1 saturated heterocycles. The molecule has 1 amide bonds. The topological polar surface area (TPSA) is 55.6 Å². The lowest BCUT2D eigenvalue weighted by molar-refractivity contribution is 0.0538. The average Bonchev–Trinajstić information content (AvgIpc) is 2.91. The van der Waals surface area contributed by atoms with E-state index in [-0.39, 0.29) is 12.0 Å². The van der Waals surface area contributed by atoms with Crippen molar-refractivity contribution in [1.82, 2.24) is 4.90 Å². The predicted octanol–water partition coefficient (Wildman–Crippen LogP) is 2.22. The van der Waals surface area contributed by atoms with E-state index in [4.69, 9.17) is 10.5 Å². The molecule has 1 unspecified atom stereocenters.